The molecule has 1 aliphatic heterocycles. The van der Waals surface area contributed by atoms with Crippen LogP contribution in [0, 0.1) is 0 Å². The standard InChI is InChI=1S/C10H18Cl2N2O/c1-4-5-6-7-8-13-9(15)10(2,3)14(8,11)12/h8H,4-7H2,1-3H3/p+1. The summed E-state index contributed by atoms with van der Waals surface area (Å²) in [7, 11) is 0. The first-order valence-corrected chi connectivity index (χ1v) is 6.10. The lowest BCUT2D eigenvalue weighted by Gasteiger charge is -2.29. The molecule has 0 spiro atoms. The van der Waals surface area contributed by atoms with Crippen LogP contribution in [-0.4, -0.2) is 21.1 Å². The summed E-state index contributed by atoms with van der Waals surface area (Å²) in [6.07, 6.45) is 3.98. The second kappa shape index (κ2) is 4.48. The molecule has 0 aromatic heterocycles. The van der Waals surface area contributed by atoms with E-state index in [1.807, 2.05) is 0 Å². The number of nitrogens with one attached hydrogen (secondary N) is 1. The van der Waals surface area contributed by atoms with Crippen molar-refractivity contribution in [3.05, 3.63) is 0 Å². The Balaban J connectivity index is 2.65. The number of hydrogen-bond acceptors (Lipinski definition) is 1. The van der Waals surface area contributed by atoms with Crippen LogP contribution in [0.15, 0.2) is 0 Å². The summed E-state index contributed by atoms with van der Waals surface area (Å²) >= 11 is 12.4. The highest BCUT2D eigenvalue weighted by Crippen LogP contribution is 2.41. The van der Waals surface area contributed by atoms with Crippen LogP contribution in [0.4, 0.5) is 0 Å². The minimum Gasteiger partial charge on any atom is -0.299 e. The molecule has 0 bridgehead atoms. The molecule has 1 rings (SSSR count). The lowest BCUT2D eigenvalue weighted by atomic mass is 10.1. The Morgan fingerprint density at radius 2 is 2.00 bits per heavy atom. The van der Waals surface area contributed by atoms with Crippen molar-refractivity contribution in [2.75, 3.05) is 0 Å². The number of amides is 1. The fourth-order valence-electron chi connectivity index (χ4n) is 1.76. The number of halogens is 2. The number of unbranched alkanes of at least 4 members (excludes halogenated alkanes) is 2. The van der Waals surface area contributed by atoms with Gasteiger partial charge in [0.15, 0.2) is 29.7 Å². The van der Waals surface area contributed by atoms with Gasteiger partial charge in [0.2, 0.25) is 5.54 Å². The van der Waals surface area contributed by atoms with E-state index in [0.717, 1.165) is 25.7 Å². The first kappa shape index (κ1) is 13.1. The molecule has 0 saturated carbocycles. The molecule has 15 heavy (non-hydrogen) atoms. The van der Waals surface area contributed by atoms with E-state index in [2.05, 4.69) is 12.2 Å². The van der Waals surface area contributed by atoms with E-state index in [1.165, 1.54) is 0 Å². The summed E-state index contributed by atoms with van der Waals surface area (Å²) in [6, 6.07) is 0. The van der Waals surface area contributed by atoms with Gasteiger partial charge in [-0.15, -0.1) is 0 Å². The lowest BCUT2D eigenvalue weighted by Crippen LogP contribution is -2.49. The van der Waals surface area contributed by atoms with Crippen LogP contribution in [0.1, 0.15) is 46.5 Å². The predicted molar refractivity (Wildman–Crippen MR) is 62.1 cm³/mol. The van der Waals surface area contributed by atoms with Gasteiger partial charge >= 0.3 is 0 Å². The molecule has 1 N–H and O–H groups in total. The van der Waals surface area contributed by atoms with E-state index >= 15 is 0 Å². The van der Waals surface area contributed by atoms with Gasteiger partial charge in [-0.1, -0.05) is 23.3 Å². The number of hydrogen-bond donors (Lipinski definition) is 1. The second-order valence-electron chi connectivity index (χ2n) is 4.60. The molecule has 0 radical (unpaired) electrons. The third kappa shape index (κ3) is 2.24. The lowest BCUT2D eigenvalue weighted by molar-refractivity contribution is -0.757. The minimum absolute atomic E-state index is 0.0750. The first-order chi connectivity index (χ1) is 6.84. The van der Waals surface area contributed by atoms with E-state index in [1.54, 1.807) is 13.8 Å². The number of carbonyl (C=O) groups excluding carboxylic acids is 1. The first-order valence-electron chi connectivity index (χ1n) is 5.43. The topological polar surface area (TPSA) is 29.1 Å². The molecule has 5 heteroatoms. The summed E-state index contributed by atoms with van der Waals surface area (Å²) < 4.78 is -0.296. The second-order valence-corrected chi connectivity index (χ2v) is 5.84. The van der Waals surface area contributed by atoms with Crippen LogP contribution in [0.3, 0.4) is 0 Å². The molecule has 88 valence electrons. The highest BCUT2D eigenvalue weighted by Gasteiger charge is 2.61. The van der Waals surface area contributed by atoms with Gasteiger partial charge in [0.25, 0.3) is 5.91 Å². The number of carbonyl (C=O) groups is 1. The van der Waals surface area contributed by atoms with Crippen molar-refractivity contribution in [2.45, 2.75) is 58.2 Å². The molecule has 1 atom stereocenters. The van der Waals surface area contributed by atoms with E-state index in [9.17, 15) is 4.79 Å². The zero-order valence-corrected chi connectivity index (χ0v) is 11.0. The van der Waals surface area contributed by atoms with Crippen LogP contribution in [0.5, 0.6) is 0 Å². The van der Waals surface area contributed by atoms with E-state index in [4.69, 9.17) is 23.6 Å². The normalized spacial score (nSPS) is 27.8. The average Bonchev–Trinajstić information content (AvgIpc) is 2.28. The maximum atomic E-state index is 11.7. The number of nitrogens with zero attached hydrogens (tertiary/aromatic N) is 1. The molecule has 3 nitrogen and oxygen atoms in total. The molecule has 1 unspecified atom stereocenters. The van der Waals surface area contributed by atoms with Crippen molar-refractivity contribution in [1.82, 2.24) is 5.32 Å². The Morgan fingerprint density at radius 1 is 1.40 bits per heavy atom. The van der Waals surface area contributed by atoms with Crippen molar-refractivity contribution in [2.24, 2.45) is 0 Å². The fourth-order valence-corrected chi connectivity index (χ4v) is 2.20. The van der Waals surface area contributed by atoms with E-state index in [0.29, 0.717) is 0 Å². The van der Waals surface area contributed by atoms with Gasteiger partial charge in [0, 0.05) is 20.3 Å². The molecule has 1 aliphatic rings. The molecular weight excluding hydrogens is 235 g/mol. The zero-order valence-electron chi connectivity index (χ0n) is 9.52. The van der Waals surface area contributed by atoms with Crippen molar-refractivity contribution in [3.8, 4) is 0 Å². The fraction of sp³-hybridized carbons (Fsp3) is 0.900. The van der Waals surface area contributed by atoms with Gasteiger partial charge < -0.3 is 0 Å². The van der Waals surface area contributed by atoms with Crippen LogP contribution < -0.4 is 5.32 Å². The predicted octanol–water partition coefficient (Wildman–Crippen LogP) is 2.93. The van der Waals surface area contributed by atoms with Crippen molar-refractivity contribution >= 4 is 29.5 Å². The Hall–Kier alpha value is 0.01000. The molecule has 1 fully saturated rings. The molecule has 0 aromatic carbocycles. The van der Waals surface area contributed by atoms with Crippen molar-refractivity contribution < 1.29 is 8.32 Å². The molecule has 0 aromatic rings. The Bertz CT molecular complexity index is 254. The summed E-state index contributed by atoms with van der Waals surface area (Å²) in [5.41, 5.74) is -0.764. The van der Waals surface area contributed by atoms with Gasteiger partial charge in [-0.05, 0) is 6.42 Å². The van der Waals surface area contributed by atoms with Gasteiger partial charge in [-0.2, -0.15) is 0 Å². The van der Waals surface area contributed by atoms with Crippen LogP contribution in [0.25, 0.3) is 0 Å². The zero-order chi connectivity index (χ0) is 11.7. The molecule has 1 amide bonds. The Labute approximate surface area is 102 Å². The Morgan fingerprint density at radius 3 is 2.40 bits per heavy atom. The number of rotatable bonds is 4. The highest BCUT2D eigenvalue weighted by molar-refractivity contribution is 6.25. The minimum atomic E-state index is -0.764. The van der Waals surface area contributed by atoms with Crippen LogP contribution in [0.2, 0.25) is 0 Å². The van der Waals surface area contributed by atoms with E-state index < -0.39 is 5.54 Å². The maximum Gasteiger partial charge on any atom is 0.288 e. The molecule has 1 heterocycles. The SMILES string of the molecule is CCCCCC1NC(=O)C(C)(C)[N+]1(Cl)Cl. The molecule has 0 aliphatic carbocycles. The number of quaternary nitrogens is 1. The highest BCUT2D eigenvalue weighted by atomic mass is 35.5. The average molecular weight is 254 g/mol. The summed E-state index contributed by atoms with van der Waals surface area (Å²) in [5.74, 6) is -0.0750. The van der Waals surface area contributed by atoms with Crippen LogP contribution in [-0.2, 0) is 4.79 Å². The summed E-state index contributed by atoms with van der Waals surface area (Å²) in [5, 5.41) is 2.86. The van der Waals surface area contributed by atoms with Crippen molar-refractivity contribution in [1.29, 1.82) is 0 Å². The van der Waals surface area contributed by atoms with Gasteiger partial charge in [0.05, 0.1) is 0 Å². The van der Waals surface area contributed by atoms with E-state index in [-0.39, 0.29) is 15.6 Å². The smallest absolute Gasteiger partial charge is 0.288 e. The summed E-state index contributed by atoms with van der Waals surface area (Å²) in [6.45, 7) is 5.67. The molecular formula is C10H19Cl2N2O+. The third-order valence-electron chi connectivity index (χ3n) is 3.07. The molecule has 1 saturated heterocycles. The van der Waals surface area contributed by atoms with Gasteiger partial charge in [-0.25, -0.2) is 0 Å². The van der Waals surface area contributed by atoms with Gasteiger partial charge in [0.1, 0.15) is 0 Å². The van der Waals surface area contributed by atoms with Gasteiger partial charge in [-0.3, -0.25) is 10.1 Å². The largest absolute Gasteiger partial charge is 0.299 e. The Kier molecular flexibility index (Phi) is 3.90. The maximum absolute atomic E-state index is 11.7. The van der Waals surface area contributed by atoms with Crippen molar-refractivity contribution in [3.63, 3.8) is 0 Å². The summed E-state index contributed by atoms with van der Waals surface area (Å²) in [4.78, 5) is 11.7. The monoisotopic (exact) mass is 253 g/mol. The third-order valence-corrected chi connectivity index (χ3v) is 4.39. The van der Waals surface area contributed by atoms with Crippen LogP contribution >= 0.6 is 23.6 Å². The quantitative estimate of drug-likeness (QED) is 0.606.